The molecule has 2 unspecified atom stereocenters. The molecule has 4 aromatic carbocycles. The normalized spacial score (nSPS) is 15.4. The average molecular weight is 550 g/mol. The Morgan fingerprint density at radius 2 is 1.35 bits per heavy atom. The first-order valence-corrected chi connectivity index (χ1v) is 16.2. The van der Waals surface area contributed by atoms with E-state index in [1.165, 1.54) is 46.9 Å². The number of rotatable bonds is 11. The van der Waals surface area contributed by atoms with Crippen LogP contribution >= 0.6 is 8.58 Å². The highest BCUT2D eigenvalue weighted by Gasteiger charge is 2.35. The Bertz CT molecular complexity index is 1360. The number of piperidine rings is 1. The number of hydrogen-bond donors (Lipinski definition) is 1. The second-order valence-corrected chi connectivity index (χ2v) is 13.1. The predicted molar refractivity (Wildman–Crippen MR) is 174 cm³/mol. The van der Waals surface area contributed by atoms with Crippen molar-refractivity contribution in [2.45, 2.75) is 70.4 Å². The zero-order valence-corrected chi connectivity index (χ0v) is 25.2. The fourth-order valence-electron chi connectivity index (χ4n) is 6.40. The largest absolute Gasteiger partial charge is 0.507 e. The second kappa shape index (κ2) is 13.5. The van der Waals surface area contributed by atoms with Crippen molar-refractivity contribution in [3.8, 4) is 5.75 Å². The summed E-state index contributed by atoms with van der Waals surface area (Å²) in [5, 5.41) is 13.4. The molecule has 0 spiro atoms. The summed E-state index contributed by atoms with van der Waals surface area (Å²) in [6.45, 7) is 6.91. The van der Waals surface area contributed by atoms with E-state index < -0.39 is 0 Å². The van der Waals surface area contributed by atoms with Gasteiger partial charge in [-0.2, -0.15) is 0 Å². The third-order valence-corrected chi connectivity index (χ3v) is 10.6. The number of hydrogen-bond acceptors (Lipinski definition) is 2. The Kier molecular flexibility index (Phi) is 9.61. The molecule has 0 amide bonds. The van der Waals surface area contributed by atoms with Crippen LogP contribution in [0.1, 0.15) is 80.2 Å². The molecule has 0 radical (unpaired) electrons. The zero-order valence-electron chi connectivity index (χ0n) is 24.2. The number of anilines is 1. The highest BCUT2D eigenvalue weighted by atomic mass is 31.1. The molecule has 1 saturated heterocycles. The van der Waals surface area contributed by atoms with Crippen LogP contribution in [0, 0.1) is 0 Å². The lowest BCUT2D eigenvalue weighted by Crippen LogP contribution is -2.33. The summed E-state index contributed by atoms with van der Waals surface area (Å²) >= 11 is 0. The molecule has 1 aliphatic rings. The van der Waals surface area contributed by atoms with Crippen LogP contribution in [-0.2, 0) is 18.0 Å². The van der Waals surface area contributed by atoms with Gasteiger partial charge in [0.05, 0.1) is 0 Å². The van der Waals surface area contributed by atoms with Crippen molar-refractivity contribution in [3.63, 3.8) is 0 Å². The maximum atomic E-state index is 12.0. The maximum absolute atomic E-state index is 12.0. The van der Waals surface area contributed by atoms with Crippen molar-refractivity contribution in [1.82, 2.24) is 0 Å². The Balaban J connectivity index is 1.60. The topological polar surface area (TPSA) is 23.5 Å². The first-order valence-electron chi connectivity index (χ1n) is 15.2. The molecular weight excluding hydrogens is 505 g/mol. The summed E-state index contributed by atoms with van der Waals surface area (Å²) in [7, 11) is 0.597. The van der Waals surface area contributed by atoms with Gasteiger partial charge in [0.1, 0.15) is 5.75 Å². The van der Waals surface area contributed by atoms with Gasteiger partial charge in [0.2, 0.25) is 0 Å². The van der Waals surface area contributed by atoms with Gasteiger partial charge in [-0.15, -0.1) is 0 Å². The molecule has 3 heteroatoms. The zero-order chi connectivity index (χ0) is 27.8. The monoisotopic (exact) mass is 549 g/mol. The molecule has 0 saturated carbocycles. The standard InChI is InChI=1S/C37H44NOP/c1-3-22-37(4-2,40-35-21-13-12-20-34(35)38-23-14-7-15-24-38)33-28-31(25-29-16-8-5-9-17-29)27-32(36(33)39)26-30-18-10-6-11-19-30/h5-6,8-13,16-21,27-28,39-40H,3-4,7,14-15,22-26H2,1-2H3. The SMILES string of the molecule is CCCC(CC)(Pc1ccccc1N1CCCCC1)c1cc(Cc2ccccc2)cc(Cc2ccccc2)c1O. The quantitative estimate of drug-likeness (QED) is 0.189. The Labute approximate surface area is 243 Å². The summed E-state index contributed by atoms with van der Waals surface area (Å²) < 4.78 is 0. The summed E-state index contributed by atoms with van der Waals surface area (Å²) in [6.07, 6.45) is 8.64. The van der Waals surface area contributed by atoms with Crippen LogP contribution in [0.4, 0.5) is 5.69 Å². The molecule has 2 nitrogen and oxygen atoms in total. The molecule has 4 aromatic rings. The molecule has 1 fully saturated rings. The Hall–Kier alpha value is -3.09. The minimum atomic E-state index is -0.108. The molecule has 0 bridgehead atoms. The summed E-state index contributed by atoms with van der Waals surface area (Å²) in [5.41, 5.74) is 7.41. The molecule has 5 rings (SSSR count). The molecule has 1 aliphatic heterocycles. The third-order valence-electron chi connectivity index (χ3n) is 8.51. The van der Waals surface area contributed by atoms with E-state index in [0.29, 0.717) is 14.3 Å². The number of para-hydroxylation sites is 1. The van der Waals surface area contributed by atoms with Gasteiger partial charge in [-0.3, -0.25) is 0 Å². The maximum Gasteiger partial charge on any atom is 0.123 e. The van der Waals surface area contributed by atoms with E-state index in [0.717, 1.165) is 56.3 Å². The van der Waals surface area contributed by atoms with E-state index in [2.05, 4.69) is 116 Å². The summed E-state index contributed by atoms with van der Waals surface area (Å²) in [4.78, 5) is 2.60. The van der Waals surface area contributed by atoms with Crippen LogP contribution in [-0.4, -0.2) is 18.2 Å². The molecule has 208 valence electrons. The summed E-state index contributed by atoms with van der Waals surface area (Å²) in [5.74, 6) is 0.499. The van der Waals surface area contributed by atoms with E-state index in [1.54, 1.807) is 0 Å². The van der Waals surface area contributed by atoms with Gasteiger partial charge in [0, 0.05) is 35.9 Å². The lowest BCUT2D eigenvalue weighted by molar-refractivity contribution is 0.437. The summed E-state index contributed by atoms with van der Waals surface area (Å²) in [6, 6.07) is 35.0. The van der Waals surface area contributed by atoms with Gasteiger partial charge in [-0.1, -0.05) is 120 Å². The molecule has 0 aliphatic carbocycles. The van der Waals surface area contributed by atoms with Crippen LogP contribution in [0.25, 0.3) is 0 Å². The highest BCUT2D eigenvalue weighted by molar-refractivity contribution is 7.49. The molecule has 40 heavy (non-hydrogen) atoms. The number of aromatic hydroxyl groups is 1. The van der Waals surface area contributed by atoms with E-state index in [-0.39, 0.29) is 5.16 Å². The third kappa shape index (κ3) is 6.61. The minimum absolute atomic E-state index is 0.108. The number of phenolic OH excluding ortho intramolecular Hbond substituents is 1. The van der Waals surface area contributed by atoms with Gasteiger partial charge in [0.25, 0.3) is 0 Å². The molecule has 1 N–H and O–H groups in total. The van der Waals surface area contributed by atoms with Crippen LogP contribution in [0.3, 0.4) is 0 Å². The fourth-order valence-corrected chi connectivity index (χ4v) is 8.35. The van der Waals surface area contributed by atoms with E-state index in [9.17, 15) is 5.11 Å². The predicted octanol–water partition coefficient (Wildman–Crippen LogP) is 8.97. The van der Waals surface area contributed by atoms with Crippen LogP contribution in [0.15, 0.2) is 97.1 Å². The lowest BCUT2D eigenvalue weighted by Gasteiger charge is -2.37. The number of phenols is 1. The van der Waals surface area contributed by atoms with Crippen LogP contribution < -0.4 is 10.2 Å². The van der Waals surface area contributed by atoms with E-state index in [1.807, 2.05) is 0 Å². The van der Waals surface area contributed by atoms with Gasteiger partial charge in [-0.25, -0.2) is 0 Å². The first-order chi connectivity index (χ1) is 19.6. The molecule has 2 atom stereocenters. The van der Waals surface area contributed by atoms with E-state index in [4.69, 9.17) is 0 Å². The van der Waals surface area contributed by atoms with Crippen LogP contribution in [0.2, 0.25) is 0 Å². The fraction of sp³-hybridized carbons (Fsp3) is 0.351. The van der Waals surface area contributed by atoms with Gasteiger partial charge >= 0.3 is 0 Å². The van der Waals surface area contributed by atoms with Crippen molar-refractivity contribution >= 4 is 19.6 Å². The molecule has 1 heterocycles. The number of benzene rings is 4. The van der Waals surface area contributed by atoms with Crippen molar-refractivity contribution in [3.05, 3.63) is 125 Å². The highest BCUT2D eigenvalue weighted by Crippen LogP contribution is 2.52. The van der Waals surface area contributed by atoms with Crippen molar-refractivity contribution in [1.29, 1.82) is 0 Å². The minimum Gasteiger partial charge on any atom is -0.507 e. The smallest absolute Gasteiger partial charge is 0.123 e. The van der Waals surface area contributed by atoms with Gasteiger partial charge < -0.3 is 10.0 Å². The van der Waals surface area contributed by atoms with Gasteiger partial charge in [0.15, 0.2) is 0 Å². The number of nitrogens with zero attached hydrogens (tertiary/aromatic N) is 1. The van der Waals surface area contributed by atoms with Crippen molar-refractivity contribution < 1.29 is 5.11 Å². The van der Waals surface area contributed by atoms with E-state index >= 15 is 0 Å². The Morgan fingerprint density at radius 3 is 2.00 bits per heavy atom. The van der Waals surface area contributed by atoms with Crippen molar-refractivity contribution in [2.75, 3.05) is 18.0 Å². The molecule has 0 aromatic heterocycles. The molecular formula is C37H44NOP. The van der Waals surface area contributed by atoms with Crippen LogP contribution in [0.5, 0.6) is 5.75 Å². The first kappa shape index (κ1) is 28.4. The van der Waals surface area contributed by atoms with Crippen molar-refractivity contribution in [2.24, 2.45) is 0 Å². The second-order valence-electron chi connectivity index (χ2n) is 11.4. The lowest BCUT2D eigenvalue weighted by atomic mass is 9.85. The van der Waals surface area contributed by atoms with Gasteiger partial charge in [-0.05, 0) is 72.1 Å². The Morgan fingerprint density at radius 1 is 0.725 bits per heavy atom. The average Bonchev–Trinajstić information content (AvgIpc) is 3.00.